The molecule has 0 bridgehead atoms. The van der Waals surface area contributed by atoms with Crippen molar-refractivity contribution in [1.82, 2.24) is 24.5 Å². The first-order valence-corrected chi connectivity index (χ1v) is 11.5. The number of fused-ring (bicyclic) bond motifs is 1. The summed E-state index contributed by atoms with van der Waals surface area (Å²) >= 11 is 6.09. The Labute approximate surface area is 201 Å². The van der Waals surface area contributed by atoms with Crippen molar-refractivity contribution in [3.8, 4) is 11.6 Å². The van der Waals surface area contributed by atoms with Gasteiger partial charge in [-0.05, 0) is 62.6 Å². The number of nitrogens with zero attached hydrogens (tertiary/aromatic N) is 5. The molecule has 0 aliphatic carbocycles. The topological polar surface area (TPSA) is 92.0 Å². The van der Waals surface area contributed by atoms with Gasteiger partial charge in [-0.25, -0.2) is 19.9 Å². The summed E-state index contributed by atoms with van der Waals surface area (Å²) < 4.78 is 12.8. The van der Waals surface area contributed by atoms with Gasteiger partial charge in [0.2, 0.25) is 5.88 Å². The van der Waals surface area contributed by atoms with E-state index in [0.29, 0.717) is 53.0 Å². The quantitative estimate of drug-likeness (QED) is 0.427. The minimum atomic E-state index is -0.203. The summed E-state index contributed by atoms with van der Waals surface area (Å²) in [6.07, 6.45) is 2.86. The number of hydrogen-bond donors (Lipinski definition) is 0. The lowest BCUT2D eigenvalue weighted by molar-refractivity contribution is 0.00421. The maximum Gasteiger partial charge on any atom is 0.278 e. The van der Waals surface area contributed by atoms with Gasteiger partial charge in [-0.1, -0.05) is 11.6 Å². The van der Waals surface area contributed by atoms with E-state index < -0.39 is 0 Å². The number of rotatable bonds is 4. The number of methoxy groups -OCH3 is 1. The monoisotopic (exact) mass is 477 g/mol. The van der Waals surface area contributed by atoms with Gasteiger partial charge in [0.1, 0.15) is 5.69 Å². The SMILES string of the molecule is COc1ccc([C@H]2C[C@@H](c3nc4nc(C)c(C)nc4n(-c4ccc(Cl)cc4)c3=O)CCO2)cn1. The largest absolute Gasteiger partial charge is 0.481 e. The molecule has 0 radical (unpaired) electrons. The molecule has 174 valence electrons. The van der Waals surface area contributed by atoms with Crippen molar-refractivity contribution in [2.75, 3.05) is 13.7 Å². The van der Waals surface area contributed by atoms with Gasteiger partial charge in [0.15, 0.2) is 11.3 Å². The third-order valence-electron chi connectivity index (χ3n) is 6.23. The molecule has 0 unspecified atom stereocenters. The number of hydrogen-bond acceptors (Lipinski definition) is 7. The third-order valence-corrected chi connectivity index (χ3v) is 6.48. The summed E-state index contributed by atoms with van der Waals surface area (Å²) in [5.74, 6) is 0.446. The Morgan fingerprint density at radius 2 is 1.82 bits per heavy atom. The smallest absolute Gasteiger partial charge is 0.278 e. The molecule has 0 N–H and O–H groups in total. The summed E-state index contributed by atoms with van der Waals surface area (Å²) in [7, 11) is 1.58. The molecular formula is C25H24ClN5O3. The summed E-state index contributed by atoms with van der Waals surface area (Å²) in [6.45, 7) is 4.28. The summed E-state index contributed by atoms with van der Waals surface area (Å²) in [5, 5.41) is 0.592. The fourth-order valence-electron chi connectivity index (χ4n) is 4.25. The predicted molar refractivity (Wildman–Crippen MR) is 129 cm³/mol. The molecule has 1 saturated heterocycles. The standard InChI is InChI=1S/C25H24ClN5O3/c1-14-15(2)29-24-23(28-14)30-22(25(32)31(24)19-7-5-18(26)6-8-19)16-10-11-34-20(12-16)17-4-9-21(33-3)27-13-17/h4-9,13,16,20H,10-12H2,1-3H3/t16-,20+/m0/s1. The number of aromatic nitrogens is 5. The Balaban J connectivity index is 1.61. The molecule has 4 heterocycles. The van der Waals surface area contributed by atoms with Crippen LogP contribution < -0.4 is 10.3 Å². The average Bonchev–Trinajstić information content (AvgIpc) is 2.86. The van der Waals surface area contributed by atoms with Gasteiger partial charge in [0, 0.05) is 29.8 Å². The zero-order valence-electron chi connectivity index (χ0n) is 19.2. The van der Waals surface area contributed by atoms with Gasteiger partial charge in [-0.2, -0.15) is 0 Å². The molecule has 0 saturated carbocycles. The van der Waals surface area contributed by atoms with E-state index in [1.165, 1.54) is 0 Å². The normalized spacial score (nSPS) is 18.2. The van der Waals surface area contributed by atoms with E-state index in [1.807, 2.05) is 26.0 Å². The van der Waals surface area contributed by atoms with Gasteiger partial charge in [-0.15, -0.1) is 0 Å². The minimum absolute atomic E-state index is 0.0975. The van der Waals surface area contributed by atoms with E-state index in [0.717, 1.165) is 17.0 Å². The first-order valence-electron chi connectivity index (χ1n) is 11.1. The molecule has 9 heteroatoms. The average molecular weight is 478 g/mol. The lowest BCUT2D eigenvalue weighted by Gasteiger charge is -2.29. The highest BCUT2D eigenvalue weighted by atomic mass is 35.5. The first kappa shape index (κ1) is 22.4. The van der Waals surface area contributed by atoms with Crippen LogP contribution >= 0.6 is 11.6 Å². The number of pyridine rings is 1. The van der Waals surface area contributed by atoms with Crippen molar-refractivity contribution in [3.05, 3.63) is 80.6 Å². The van der Waals surface area contributed by atoms with Gasteiger partial charge in [0.25, 0.3) is 5.56 Å². The Morgan fingerprint density at radius 1 is 1.06 bits per heavy atom. The van der Waals surface area contributed by atoms with Crippen LogP contribution in [0, 0.1) is 13.8 Å². The molecule has 0 amide bonds. The van der Waals surface area contributed by atoms with Gasteiger partial charge < -0.3 is 9.47 Å². The third kappa shape index (κ3) is 4.15. The van der Waals surface area contributed by atoms with Crippen molar-refractivity contribution in [1.29, 1.82) is 0 Å². The van der Waals surface area contributed by atoms with E-state index in [9.17, 15) is 4.79 Å². The molecule has 2 atom stereocenters. The molecule has 1 aromatic carbocycles. The Morgan fingerprint density at radius 3 is 2.53 bits per heavy atom. The lowest BCUT2D eigenvalue weighted by atomic mass is 9.90. The zero-order chi connectivity index (χ0) is 23.8. The number of benzene rings is 1. The van der Waals surface area contributed by atoms with Crippen LogP contribution in [0.4, 0.5) is 0 Å². The van der Waals surface area contributed by atoms with Crippen molar-refractivity contribution >= 4 is 22.9 Å². The molecular weight excluding hydrogens is 454 g/mol. The second kappa shape index (κ2) is 9.12. The van der Waals surface area contributed by atoms with Crippen LogP contribution in [-0.2, 0) is 4.74 Å². The Bertz CT molecular complexity index is 1400. The molecule has 8 nitrogen and oxygen atoms in total. The van der Waals surface area contributed by atoms with Crippen LogP contribution in [0.3, 0.4) is 0 Å². The van der Waals surface area contributed by atoms with Crippen molar-refractivity contribution in [2.24, 2.45) is 0 Å². The van der Waals surface area contributed by atoms with Crippen LogP contribution in [0.15, 0.2) is 47.4 Å². The maximum atomic E-state index is 13.8. The van der Waals surface area contributed by atoms with Crippen LogP contribution in [0.25, 0.3) is 17.0 Å². The molecule has 5 rings (SSSR count). The molecule has 4 aromatic rings. The fraction of sp³-hybridized carbons (Fsp3) is 0.320. The van der Waals surface area contributed by atoms with Gasteiger partial charge in [-0.3, -0.25) is 9.36 Å². The van der Waals surface area contributed by atoms with Crippen molar-refractivity contribution < 1.29 is 9.47 Å². The van der Waals surface area contributed by atoms with E-state index in [1.54, 1.807) is 42.1 Å². The van der Waals surface area contributed by atoms with Crippen LogP contribution in [0.1, 0.15) is 47.5 Å². The van der Waals surface area contributed by atoms with Gasteiger partial charge >= 0.3 is 0 Å². The highest BCUT2D eigenvalue weighted by Crippen LogP contribution is 2.36. The molecule has 1 aliphatic heterocycles. The number of aryl methyl sites for hydroxylation is 2. The Hall–Kier alpha value is -3.36. The highest BCUT2D eigenvalue weighted by Gasteiger charge is 2.30. The van der Waals surface area contributed by atoms with Crippen molar-refractivity contribution in [2.45, 2.75) is 38.7 Å². The molecule has 0 spiro atoms. The van der Waals surface area contributed by atoms with Crippen LogP contribution in [0.2, 0.25) is 5.02 Å². The van der Waals surface area contributed by atoms with Crippen LogP contribution in [0.5, 0.6) is 5.88 Å². The lowest BCUT2D eigenvalue weighted by Crippen LogP contribution is -2.30. The summed E-state index contributed by atoms with van der Waals surface area (Å²) in [5.41, 5.74) is 4.28. The van der Waals surface area contributed by atoms with Crippen molar-refractivity contribution in [3.63, 3.8) is 0 Å². The number of ether oxygens (including phenoxy) is 2. The molecule has 1 fully saturated rings. The summed E-state index contributed by atoms with van der Waals surface area (Å²) in [4.78, 5) is 32.2. The van der Waals surface area contributed by atoms with Crippen LogP contribution in [-0.4, -0.2) is 38.2 Å². The summed E-state index contributed by atoms with van der Waals surface area (Å²) in [6, 6.07) is 10.9. The molecule has 1 aliphatic rings. The Kier molecular flexibility index (Phi) is 6.02. The minimum Gasteiger partial charge on any atom is -0.481 e. The predicted octanol–water partition coefficient (Wildman–Crippen LogP) is 4.48. The fourth-order valence-corrected chi connectivity index (χ4v) is 4.38. The van der Waals surface area contributed by atoms with Gasteiger partial charge in [0.05, 0.1) is 30.3 Å². The van der Waals surface area contributed by atoms with E-state index >= 15 is 0 Å². The second-order valence-electron chi connectivity index (χ2n) is 8.37. The molecule has 3 aromatic heterocycles. The second-order valence-corrected chi connectivity index (χ2v) is 8.81. The van der Waals surface area contributed by atoms with E-state index in [2.05, 4.69) is 15.0 Å². The highest BCUT2D eigenvalue weighted by molar-refractivity contribution is 6.30. The van der Waals surface area contributed by atoms with E-state index in [-0.39, 0.29) is 17.6 Å². The maximum absolute atomic E-state index is 13.8. The first-order chi connectivity index (χ1) is 16.4. The van der Waals surface area contributed by atoms with E-state index in [4.69, 9.17) is 26.1 Å². The molecule has 34 heavy (non-hydrogen) atoms. The number of halogens is 1. The zero-order valence-corrected chi connectivity index (χ0v) is 19.9.